The van der Waals surface area contributed by atoms with Gasteiger partial charge in [-0.3, -0.25) is 33.8 Å². The lowest BCUT2D eigenvalue weighted by Crippen LogP contribution is -2.62. The third-order valence-corrected chi connectivity index (χ3v) is 10.8. The Morgan fingerprint density at radius 3 is 2.19 bits per heavy atom. The maximum atomic E-state index is 14.9. The molecule has 5 amide bonds. The minimum atomic E-state index is -1.16. The van der Waals surface area contributed by atoms with Crippen LogP contribution in [0.4, 0.5) is 0 Å². The van der Waals surface area contributed by atoms with E-state index in [0.29, 0.717) is 30.6 Å². The predicted molar refractivity (Wildman–Crippen MR) is 216 cm³/mol. The van der Waals surface area contributed by atoms with E-state index < -0.39 is 77.0 Å². The van der Waals surface area contributed by atoms with Crippen LogP contribution in [0.3, 0.4) is 0 Å². The van der Waals surface area contributed by atoms with Gasteiger partial charge in [0, 0.05) is 24.9 Å². The van der Waals surface area contributed by atoms with E-state index >= 15 is 0 Å². The fourth-order valence-corrected chi connectivity index (χ4v) is 7.53. The second kappa shape index (κ2) is 20.0. The Labute approximate surface area is 345 Å². The van der Waals surface area contributed by atoms with Crippen molar-refractivity contribution in [2.75, 3.05) is 6.54 Å². The first-order valence-electron chi connectivity index (χ1n) is 20.9. The van der Waals surface area contributed by atoms with Gasteiger partial charge in [0.05, 0.1) is 30.5 Å². The maximum Gasteiger partial charge on any atom is 0.338 e. The molecule has 16 nitrogen and oxygen atoms in total. The zero-order chi connectivity index (χ0) is 42.9. The van der Waals surface area contributed by atoms with Crippen molar-refractivity contribution in [1.29, 1.82) is 0 Å². The first kappa shape index (κ1) is 44.7. The average molecular weight is 818 g/mol. The van der Waals surface area contributed by atoms with E-state index in [1.165, 1.54) is 23.5 Å². The summed E-state index contributed by atoms with van der Waals surface area (Å²) in [4.78, 5) is 105. The van der Waals surface area contributed by atoms with Crippen LogP contribution in [-0.4, -0.2) is 105 Å². The number of hydrogen-bond acceptors (Lipinski definition) is 11. The van der Waals surface area contributed by atoms with E-state index in [9.17, 15) is 33.6 Å². The van der Waals surface area contributed by atoms with E-state index in [1.54, 1.807) is 58.9 Å². The number of ketones is 1. The van der Waals surface area contributed by atoms with Crippen molar-refractivity contribution in [1.82, 2.24) is 36.1 Å². The zero-order valence-electron chi connectivity index (χ0n) is 35.0. The molecule has 1 aromatic heterocycles. The van der Waals surface area contributed by atoms with Crippen LogP contribution in [0.15, 0.2) is 42.9 Å². The summed E-state index contributed by atoms with van der Waals surface area (Å²) in [6, 6.07) is 1.88. The summed E-state index contributed by atoms with van der Waals surface area (Å²) in [7, 11) is 0. The van der Waals surface area contributed by atoms with Crippen molar-refractivity contribution in [2.45, 2.75) is 148 Å². The highest BCUT2D eigenvalue weighted by molar-refractivity contribution is 6.38. The standard InChI is InChI=1S/C43H59N7O9/c1-7-11-31(35(51)40(55)46-28-16-17-28)47-38(53)33-22-30(59-29-18-14-27(15-19-29)42(57)58-25(2)3)24-50(33)41(56)36(43(4,5)6)49-39(54)34(26-12-9-8-10-13-26)48-37(52)32-23-44-20-21-45-32/h14-15,18-21,23,25-26,28,30-31,33-34,36H,7-13,16-17,22,24H2,1-6H3,(H,46,55)(H,47,53)(H,48,52)(H,49,54)/t30-,31+,33+,34+,36-/m1/s1. The first-order chi connectivity index (χ1) is 28.0. The van der Waals surface area contributed by atoms with E-state index in [1.807, 2.05) is 6.92 Å². The van der Waals surface area contributed by atoms with Crippen molar-refractivity contribution in [3.05, 3.63) is 54.1 Å². The number of aromatic nitrogens is 2. The van der Waals surface area contributed by atoms with Gasteiger partial charge < -0.3 is 35.6 Å². The van der Waals surface area contributed by atoms with Gasteiger partial charge in [-0.2, -0.15) is 0 Å². The van der Waals surface area contributed by atoms with E-state index in [2.05, 4.69) is 31.2 Å². The predicted octanol–water partition coefficient (Wildman–Crippen LogP) is 3.43. The van der Waals surface area contributed by atoms with E-state index in [-0.39, 0.29) is 43.1 Å². The highest BCUT2D eigenvalue weighted by atomic mass is 16.5. The molecule has 16 heteroatoms. The van der Waals surface area contributed by atoms with Crippen molar-refractivity contribution < 1.29 is 43.0 Å². The van der Waals surface area contributed by atoms with Crippen LogP contribution in [-0.2, 0) is 28.7 Å². The van der Waals surface area contributed by atoms with Gasteiger partial charge in [-0.1, -0.05) is 53.4 Å². The molecule has 0 spiro atoms. The molecule has 5 atom stereocenters. The van der Waals surface area contributed by atoms with Crippen LogP contribution >= 0.6 is 0 Å². The lowest BCUT2D eigenvalue weighted by Gasteiger charge is -2.37. The molecule has 0 unspecified atom stereocenters. The van der Waals surface area contributed by atoms with Gasteiger partial charge in [0.2, 0.25) is 23.5 Å². The molecule has 1 aromatic carbocycles. The number of carbonyl (C=O) groups is 7. The number of nitrogens with zero attached hydrogens (tertiary/aromatic N) is 3. The van der Waals surface area contributed by atoms with Crippen molar-refractivity contribution in [3.63, 3.8) is 0 Å². The minimum Gasteiger partial charge on any atom is -0.488 e. The number of hydrogen-bond donors (Lipinski definition) is 4. The number of nitrogens with one attached hydrogen (secondary N) is 4. The lowest BCUT2D eigenvalue weighted by molar-refractivity contribution is -0.145. The number of Topliss-reactive ketones (excluding diaryl/α,β-unsaturated/α-hetero) is 1. The van der Waals surface area contributed by atoms with Crippen LogP contribution in [0, 0.1) is 11.3 Å². The van der Waals surface area contributed by atoms with Gasteiger partial charge in [-0.05, 0) is 81.5 Å². The molecule has 59 heavy (non-hydrogen) atoms. The molecule has 3 aliphatic rings. The molecular formula is C43H59N7O9. The molecule has 2 heterocycles. The molecular weight excluding hydrogens is 759 g/mol. The minimum absolute atomic E-state index is 0.0275. The van der Waals surface area contributed by atoms with Gasteiger partial charge in [0.25, 0.3) is 11.8 Å². The van der Waals surface area contributed by atoms with Crippen LogP contribution in [0.1, 0.15) is 127 Å². The Hall–Kier alpha value is -5.41. The topological polar surface area (TPSA) is 215 Å². The Bertz CT molecular complexity index is 1820. The van der Waals surface area contributed by atoms with Crippen molar-refractivity contribution in [2.24, 2.45) is 11.3 Å². The molecule has 2 aromatic rings. The van der Waals surface area contributed by atoms with Gasteiger partial charge in [0.15, 0.2) is 0 Å². The summed E-state index contributed by atoms with van der Waals surface area (Å²) in [5.74, 6) is -4.12. The smallest absolute Gasteiger partial charge is 0.338 e. The molecule has 2 saturated carbocycles. The Morgan fingerprint density at radius 2 is 1.59 bits per heavy atom. The molecule has 0 bridgehead atoms. The molecule has 4 N–H and O–H groups in total. The third kappa shape index (κ3) is 12.3. The zero-order valence-corrected chi connectivity index (χ0v) is 35.0. The van der Waals surface area contributed by atoms with Crippen LogP contribution in [0.25, 0.3) is 0 Å². The van der Waals surface area contributed by atoms with E-state index in [4.69, 9.17) is 9.47 Å². The van der Waals surface area contributed by atoms with Gasteiger partial charge in [0.1, 0.15) is 35.7 Å². The molecule has 320 valence electrons. The number of likely N-dealkylation sites (tertiary alicyclic amines) is 1. The fourth-order valence-electron chi connectivity index (χ4n) is 7.53. The number of ether oxygens (including phenoxy) is 2. The van der Waals surface area contributed by atoms with Gasteiger partial charge in [-0.15, -0.1) is 0 Å². The summed E-state index contributed by atoms with van der Waals surface area (Å²) in [6.07, 6.45) is 9.65. The summed E-state index contributed by atoms with van der Waals surface area (Å²) >= 11 is 0. The average Bonchev–Trinajstić information content (AvgIpc) is 3.93. The Balaban J connectivity index is 1.40. The Morgan fingerprint density at radius 1 is 0.898 bits per heavy atom. The molecule has 5 rings (SSSR count). The summed E-state index contributed by atoms with van der Waals surface area (Å²) in [6.45, 7) is 10.7. The molecule has 2 aliphatic carbocycles. The largest absolute Gasteiger partial charge is 0.488 e. The summed E-state index contributed by atoms with van der Waals surface area (Å²) in [5.41, 5.74) is -0.496. The number of esters is 1. The lowest BCUT2D eigenvalue weighted by atomic mass is 9.82. The second-order valence-electron chi connectivity index (χ2n) is 17.2. The summed E-state index contributed by atoms with van der Waals surface area (Å²) < 4.78 is 11.6. The summed E-state index contributed by atoms with van der Waals surface area (Å²) in [5, 5.41) is 11.3. The van der Waals surface area contributed by atoms with Crippen molar-refractivity contribution in [3.8, 4) is 5.75 Å². The normalized spacial score (nSPS) is 19.8. The molecule has 3 fully saturated rings. The fraction of sp³-hybridized carbons (Fsp3) is 0.605. The number of benzene rings is 1. The van der Waals surface area contributed by atoms with Gasteiger partial charge >= 0.3 is 5.97 Å². The second-order valence-corrected chi connectivity index (χ2v) is 17.2. The third-order valence-electron chi connectivity index (χ3n) is 10.8. The maximum absolute atomic E-state index is 14.9. The number of carbonyl (C=O) groups excluding carboxylic acids is 7. The first-order valence-corrected chi connectivity index (χ1v) is 20.9. The highest BCUT2D eigenvalue weighted by Crippen LogP contribution is 2.31. The molecule has 0 radical (unpaired) electrons. The number of amides is 5. The SMILES string of the molecule is CCC[C@H](NC(=O)[C@@H]1C[C@@H](Oc2ccc(C(=O)OC(C)C)cc2)CN1C(=O)[C@@H](NC(=O)[C@@H](NC(=O)c1cnccn1)C1CCCCC1)C(C)(C)C)C(=O)C(=O)NC1CC1. The highest BCUT2D eigenvalue weighted by Gasteiger charge is 2.47. The van der Waals surface area contributed by atoms with Crippen LogP contribution in [0.2, 0.25) is 0 Å². The monoisotopic (exact) mass is 817 g/mol. The van der Waals surface area contributed by atoms with Crippen LogP contribution < -0.4 is 26.0 Å². The molecule has 1 aliphatic heterocycles. The van der Waals surface area contributed by atoms with Gasteiger partial charge in [-0.25, -0.2) is 9.78 Å². The van der Waals surface area contributed by atoms with E-state index in [0.717, 1.165) is 32.1 Å². The quantitative estimate of drug-likeness (QED) is 0.134. The number of rotatable bonds is 17. The van der Waals surface area contributed by atoms with Crippen molar-refractivity contribution >= 4 is 41.3 Å². The Kier molecular flexibility index (Phi) is 15.2. The molecule has 1 saturated heterocycles. The van der Waals surface area contributed by atoms with Crippen LogP contribution in [0.5, 0.6) is 5.75 Å².